The molecule has 0 aliphatic rings. The summed E-state index contributed by atoms with van der Waals surface area (Å²) in [7, 11) is 0. The van der Waals surface area contributed by atoms with Crippen LogP contribution in [0.4, 0.5) is 5.82 Å². The lowest BCUT2D eigenvalue weighted by atomic mass is 10.0. The molecule has 0 bridgehead atoms. The van der Waals surface area contributed by atoms with Crippen molar-refractivity contribution in [3.05, 3.63) is 95.0 Å². The Morgan fingerprint density at radius 1 is 1.00 bits per heavy atom. The van der Waals surface area contributed by atoms with Crippen LogP contribution in [0.1, 0.15) is 23.0 Å². The highest BCUT2D eigenvalue weighted by Gasteiger charge is 2.16. The van der Waals surface area contributed by atoms with E-state index in [4.69, 9.17) is 11.6 Å². The Kier molecular flexibility index (Phi) is 4.80. The van der Waals surface area contributed by atoms with Crippen LogP contribution in [0.15, 0.2) is 73.1 Å². The van der Waals surface area contributed by atoms with E-state index >= 15 is 0 Å². The van der Waals surface area contributed by atoms with Crippen LogP contribution >= 0.6 is 11.6 Å². The smallest absolute Gasteiger partial charge is 0.175 e. The number of anilines is 1. The molecule has 4 aromatic rings. The fraction of sp³-hybridized carbons (Fsp3) is 0.100. The van der Waals surface area contributed by atoms with Crippen LogP contribution < -0.4 is 5.32 Å². The van der Waals surface area contributed by atoms with E-state index < -0.39 is 0 Å². The van der Waals surface area contributed by atoms with Crippen molar-refractivity contribution in [2.45, 2.75) is 13.0 Å². The summed E-state index contributed by atoms with van der Waals surface area (Å²) in [6.45, 7) is 1.93. The van der Waals surface area contributed by atoms with Crippen molar-refractivity contribution >= 4 is 17.4 Å². The fourth-order valence-electron chi connectivity index (χ4n) is 2.78. The number of aromatic nitrogens is 5. The van der Waals surface area contributed by atoms with Gasteiger partial charge in [-0.3, -0.25) is 4.98 Å². The second-order valence-corrected chi connectivity index (χ2v) is 6.50. The van der Waals surface area contributed by atoms with Crippen LogP contribution in [0, 0.1) is 6.92 Å². The first kappa shape index (κ1) is 17.2. The van der Waals surface area contributed by atoms with E-state index in [1.165, 1.54) is 0 Å². The van der Waals surface area contributed by atoms with Gasteiger partial charge in [0.2, 0.25) is 0 Å². The highest BCUT2D eigenvalue weighted by molar-refractivity contribution is 6.30. The van der Waals surface area contributed by atoms with Gasteiger partial charge in [-0.25, -0.2) is 4.68 Å². The molecule has 0 aliphatic carbocycles. The molecule has 1 atom stereocenters. The predicted molar refractivity (Wildman–Crippen MR) is 105 cm³/mol. The van der Waals surface area contributed by atoms with Crippen molar-refractivity contribution < 1.29 is 0 Å². The maximum Gasteiger partial charge on any atom is 0.175 e. The van der Waals surface area contributed by atoms with Crippen molar-refractivity contribution in [3.63, 3.8) is 0 Å². The second kappa shape index (κ2) is 7.55. The van der Waals surface area contributed by atoms with Gasteiger partial charge in [0.05, 0.1) is 17.4 Å². The van der Waals surface area contributed by atoms with Gasteiger partial charge < -0.3 is 5.32 Å². The first-order valence-corrected chi connectivity index (χ1v) is 8.86. The molecule has 0 aliphatic heterocycles. The third-order valence-electron chi connectivity index (χ3n) is 4.07. The monoisotopic (exact) mass is 376 g/mol. The summed E-state index contributed by atoms with van der Waals surface area (Å²) in [6.07, 6.45) is 3.62. The Morgan fingerprint density at radius 3 is 2.59 bits per heavy atom. The number of hydrogen-bond donors (Lipinski definition) is 1. The molecule has 1 unspecified atom stereocenters. The van der Waals surface area contributed by atoms with Crippen molar-refractivity contribution in [1.29, 1.82) is 0 Å². The average Bonchev–Trinajstić information content (AvgIpc) is 3.13. The summed E-state index contributed by atoms with van der Waals surface area (Å²) in [5.74, 6) is 1.30. The number of aryl methyl sites for hydroxylation is 1. The van der Waals surface area contributed by atoms with E-state index in [1.807, 2.05) is 73.8 Å². The number of nitrogens with one attached hydrogen (secondary N) is 1. The lowest BCUT2D eigenvalue weighted by Crippen LogP contribution is -2.15. The van der Waals surface area contributed by atoms with Crippen LogP contribution in [0.2, 0.25) is 5.02 Å². The molecule has 0 fully saturated rings. The minimum atomic E-state index is -0.197. The number of nitrogens with zero attached hydrogens (tertiary/aromatic N) is 5. The molecule has 6 nitrogen and oxygen atoms in total. The summed E-state index contributed by atoms with van der Waals surface area (Å²) in [5.41, 5.74) is 2.79. The van der Waals surface area contributed by atoms with E-state index in [9.17, 15) is 0 Å². The Labute approximate surface area is 161 Å². The highest BCUT2D eigenvalue weighted by Crippen LogP contribution is 2.26. The van der Waals surface area contributed by atoms with E-state index in [0.29, 0.717) is 16.7 Å². The normalized spacial score (nSPS) is 11.9. The molecule has 134 valence electrons. The Balaban J connectivity index is 1.63. The Morgan fingerprint density at radius 2 is 1.93 bits per heavy atom. The molecule has 7 heteroatoms. The van der Waals surface area contributed by atoms with Crippen molar-refractivity contribution in [1.82, 2.24) is 25.0 Å². The molecule has 27 heavy (non-hydrogen) atoms. The van der Waals surface area contributed by atoms with Crippen molar-refractivity contribution in [2.75, 3.05) is 5.32 Å². The van der Waals surface area contributed by atoms with E-state index in [1.54, 1.807) is 10.9 Å². The van der Waals surface area contributed by atoms with E-state index in [-0.39, 0.29) is 6.04 Å². The Bertz CT molecular complexity index is 1030. The maximum atomic E-state index is 6.18. The molecule has 4 rings (SSSR count). The topological polar surface area (TPSA) is 68.5 Å². The van der Waals surface area contributed by atoms with Crippen molar-refractivity contribution in [2.24, 2.45) is 0 Å². The van der Waals surface area contributed by atoms with Crippen LogP contribution in [0.3, 0.4) is 0 Å². The zero-order valence-corrected chi connectivity index (χ0v) is 15.4. The average molecular weight is 377 g/mol. The lowest BCUT2D eigenvalue weighted by Gasteiger charge is -2.19. The quantitative estimate of drug-likeness (QED) is 0.564. The van der Waals surface area contributed by atoms with E-state index in [2.05, 4.69) is 25.6 Å². The zero-order valence-electron chi connectivity index (χ0n) is 14.6. The number of rotatable bonds is 5. The van der Waals surface area contributed by atoms with Gasteiger partial charge in [-0.1, -0.05) is 29.8 Å². The zero-order chi connectivity index (χ0) is 18.6. The highest BCUT2D eigenvalue weighted by atomic mass is 35.5. The first-order chi connectivity index (χ1) is 13.2. The summed E-state index contributed by atoms with van der Waals surface area (Å²) in [6, 6.07) is 19.0. The molecule has 1 N–H and O–H groups in total. The predicted octanol–water partition coefficient (Wildman–Crippen LogP) is 4.22. The largest absolute Gasteiger partial charge is 0.356 e. The van der Waals surface area contributed by atoms with Gasteiger partial charge >= 0.3 is 0 Å². The van der Waals surface area contributed by atoms with Gasteiger partial charge in [0.1, 0.15) is 5.82 Å². The minimum absolute atomic E-state index is 0.197. The van der Waals surface area contributed by atoms with Crippen molar-refractivity contribution in [3.8, 4) is 5.82 Å². The number of pyridine rings is 1. The van der Waals surface area contributed by atoms with Crippen LogP contribution in [-0.4, -0.2) is 25.0 Å². The Hall–Kier alpha value is -3.25. The molecule has 0 radical (unpaired) electrons. The summed E-state index contributed by atoms with van der Waals surface area (Å²) in [4.78, 5) is 4.48. The molecule has 0 saturated heterocycles. The summed E-state index contributed by atoms with van der Waals surface area (Å²) >= 11 is 6.18. The lowest BCUT2D eigenvalue weighted by molar-refractivity contribution is 0.797. The minimum Gasteiger partial charge on any atom is -0.356 e. The molecule has 3 heterocycles. The standard InChI is InChI=1S/C20H17ClN6/c1-14-10-12-27(26-14)19-9-8-18(24-25-19)23-20(17-7-2-3-11-22-17)15-5-4-6-16(21)13-15/h2-13,20H,1H3,(H,23,24). The third-order valence-corrected chi connectivity index (χ3v) is 4.30. The van der Waals surface area contributed by atoms with Gasteiger partial charge in [-0.05, 0) is 55.0 Å². The SMILES string of the molecule is Cc1ccn(-c2ccc(NC(c3cccc(Cl)c3)c3ccccn3)nn2)n1. The molecular weight excluding hydrogens is 360 g/mol. The van der Waals surface area contributed by atoms with Crippen LogP contribution in [-0.2, 0) is 0 Å². The third kappa shape index (κ3) is 3.96. The van der Waals surface area contributed by atoms with E-state index in [0.717, 1.165) is 17.0 Å². The summed E-state index contributed by atoms with van der Waals surface area (Å²) < 4.78 is 1.69. The van der Waals surface area contributed by atoms with Gasteiger partial charge in [-0.2, -0.15) is 5.10 Å². The van der Waals surface area contributed by atoms with Gasteiger partial charge in [0, 0.05) is 17.4 Å². The molecule has 0 amide bonds. The number of hydrogen-bond acceptors (Lipinski definition) is 5. The molecule has 3 aromatic heterocycles. The molecule has 0 spiro atoms. The fourth-order valence-corrected chi connectivity index (χ4v) is 2.97. The number of halogens is 1. The van der Waals surface area contributed by atoms with Gasteiger partial charge in [-0.15, -0.1) is 10.2 Å². The van der Waals surface area contributed by atoms with Crippen LogP contribution in [0.25, 0.3) is 5.82 Å². The van der Waals surface area contributed by atoms with Crippen LogP contribution in [0.5, 0.6) is 0 Å². The molecule has 1 aromatic carbocycles. The first-order valence-electron chi connectivity index (χ1n) is 8.48. The second-order valence-electron chi connectivity index (χ2n) is 6.07. The number of benzene rings is 1. The maximum absolute atomic E-state index is 6.18. The molecule has 0 saturated carbocycles. The van der Waals surface area contributed by atoms with Gasteiger partial charge in [0.15, 0.2) is 5.82 Å². The summed E-state index contributed by atoms with van der Waals surface area (Å²) in [5, 5.41) is 17.0. The van der Waals surface area contributed by atoms with Gasteiger partial charge in [0.25, 0.3) is 0 Å². The molecular formula is C20H17ClN6.